The van der Waals surface area contributed by atoms with Gasteiger partial charge in [0, 0.05) is 31.9 Å². The molecule has 1 aromatic carbocycles. The first-order valence-electron chi connectivity index (χ1n) is 7.72. The average molecular weight is 356 g/mol. The predicted molar refractivity (Wildman–Crippen MR) is 92.1 cm³/mol. The molecule has 0 N–H and O–H groups in total. The Labute approximate surface area is 143 Å². The minimum absolute atomic E-state index is 0.101. The molecule has 1 aliphatic rings. The summed E-state index contributed by atoms with van der Waals surface area (Å²) >= 11 is 0. The summed E-state index contributed by atoms with van der Waals surface area (Å²) in [5, 5.41) is 0. The van der Waals surface area contributed by atoms with Gasteiger partial charge in [0.15, 0.2) is 11.5 Å². The monoisotopic (exact) mass is 356 g/mol. The number of anilines is 1. The molecule has 1 heterocycles. The number of hydrogen-bond acceptors (Lipinski definition) is 5. The summed E-state index contributed by atoms with van der Waals surface area (Å²) in [6, 6.07) is 5.24. The molecule has 24 heavy (non-hydrogen) atoms. The molecule has 8 heteroatoms. The fourth-order valence-corrected chi connectivity index (χ4v) is 3.79. The van der Waals surface area contributed by atoms with E-state index in [1.54, 1.807) is 37.3 Å². The summed E-state index contributed by atoms with van der Waals surface area (Å²) in [6.45, 7) is 0.706. The van der Waals surface area contributed by atoms with Gasteiger partial charge in [0.2, 0.25) is 15.9 Å². The Kier molecular flexibility index (Phi) is 5.71. The highest BCUT2D eigenvalue weighted by atomic mass is 32.2. The zero-order chi connectivity index (χ0) is 17.9. The van der Waals surface area contributed by atoms with Crippen LogP contribution < -0.4 is 14.4 Å². The van der Waals surface area contributed by atoms with Crippen LogP contribution in [0.5, 0.6) is 11.5 Å². The molecule has 1 fully saturated rings. The van der Waals surface area contributed by atoms with Crippen molar-refractivity contribution in [2.45, 2.75) is 12.8 Å². The van der Waals surface area contributed by atoms with Gasteiger partial charge in [-0.2, -0.15) is 0 Å². The van der Waals surface area contributed by atoms with Crippen LogP contribution in [-0.2, 0) is 14.8 Å². The van der Waals surface area contributed by atoms with Crippen LogP contribution in [0.4, 0.5) is 5.69 Å². The Balaban J connectivity index is 2.17. The van der Waals surface area contributed by atoms with Crippen molar-refractivity contribution in [3.8, 4) is 11.5 Å². The molecule has 1 amide bonds. The molecule has 1 aliphatic heterocycles. The molecule has 1 aromatic rings. The number of carbonyl (C=O) groups excluding carboxylic acids is 1. The summed E-state index contributed by atoms with van der Waals surface area (Å²) in [5.74, 6) is 0.682. The molecule has 0 aliphatic carbocycles. The second-order valence-corrected chi connectivity index (χ2v) is 7.88. The van der Waals surface area contributed by atoms with E-state index in [0.29, 0.717) is 36.6 Å². The number of ether oxygens (including phenoxy) is 2. The first kappa shape index (κ1) is 18.5. The van der Waals surface area contributed by atoms with Crippen molar-refractivity contribution in [2.75, 3.05) is 45.5 Å². The molecule has 2 rings (SSSR count). The van der Waals surface area contributed by atoms with Crippen molar-refractivity contribution in [3.05, 3.63) is 18.2 Å². The van der Waals surface area contributed by atoms with Crippen molar-refractivity contribution in [3.63, 3.8) is 0 Å². The van der Waals surface area contributed by atoms with E-state index in [9.17, 15) is 13.2 Å². The third kappa shape index (κ3) is 3.99. The maximum absolute atomic E-state index is 12.8. The largest absolute Gasteiger partial charge is 0.493 e. The van der Waals surface area contributed by atoms with Gasteiger partial charge in [-0.05, 0) is 25.0 Å². The zero-order valence-electron chi connectivity index (χ0n) is 14.5. The molecule has 1 unspecified atom stereocenters. The van der Waals surface area contributed by atoms with Crippen molar-refractivity contribution < 1.29 is 22.7 Å². The molecular weight excluding hydrogens is 332 g/mol. The van der Waals surface area contributed by atoms with E-state index in [0.717, 1.165) is 0 Å². The standard InChI is InChI=1S/C16H24N2O5S/c1-17(13-7-8-14(22-2)15(10-13)23-3)16(19)12-6-5-9-18(11-12)24(4,20)21/h7-8,10,12H,5-6,9,11H2,1-4H3. The lowest BCUT2D eigenvalue weighted by Crippen LogP contribution is -2.45. The Morgan fingerprint density at radius 3 is 2.50 bits per heavy atom. The molecule has 134 valence electrons. The number of piperidine rings is 1. The van der Waals surface area contributed by atoms with Crippen LogP contribution in [0.3, 0.4) is 0 Å². The van der Waals surface area contributed by atoms with Gasteiger partial charge in [0.25, 0.3) is 0 Å². The Morgan fingerprint density at radius 1 is 1.25 bits per heavy atom. The molecule has 7 nitrogen and oxygen atoms in total. The Morgan fingerprint density at radius 2 is 1.92 bits per heavy atom. The van der Waals surface area contributed by atoms with Crippen molar-refractivity contribution in [1.82, 2.24) is 4.31 Å². The molecular formula is C16H24N2O5S. The summed E-state index contributed by atoms with van der Waals surface area (Å²) in [5.41, 5.74) is 0.675. The van der Waals surface area contributed by atoms with Crippen LogP contribution in [-0.4, -0.2) is 59.2 Å². The van der Waals surface area contributed by atoms with E-state index in [1.807, 2.05) is 0 Å². The molecule has 1 saturated heterocycles. The van der Waals surface area contributed by atoms with Gasteiger partial charge in [0.05, 0.1) is 26.4 Å². The van der Waals surface area contributed by atoms with Gasteiger partial charge in [0.1, 0.15) is 0 Å². The fourth-order valence-electron chi connectivity index (χ4n) is 2.88. The van der Waals surface area contributed by atoms with E-state index in [4.69, 9.17) is 9.47 Å². The molecule has 1 atom stereocenters. The number of amides is 1. The lowest BCUT2D eigenvalue weighted by molar-refractivity contribution is -0.123. The normalized spacial score (nSPS) is 18.9. The zero-order valence-corrected chi connectivity index (χ0v) is 15.3. The molecule has 0 spiro atoms. The van der Waals surface area contributed by atoms with Crippen molar-refractivity contribution in [2.24, 2.45) is 5.92 Å². The Hall–Kier alpha value is -1.80. The topological polar surface area (TPSA) is 76.2 Å². The second kappa shape index (κ2) is 7.40. The molecule has 0 bridgehead atoms. The number of methoxy groups -OCH3 is 2. The van der Waals surface area contributed by atoms with Crippen LogP contribution in [0.25, 0.3) is 0 Å². The second-order valence-electron chi connectivity index (χ2n) is 5.90. The first-order chi connectivity index (χ1) is 11.3. The SMILES string of the molecule is COc1ccc(N(C)C(=O)C2CCCN(S(C)(=O)=O)C2)cc1OC. The maximum atomic E-state index is 12.8. The summed E-state index contributed by atoms with van der Waals surface area (Å²) < 4.78 is 35.3. The van der Waals surface area contributed by atoms with Gasteiger partial charge in [-0.15, -0.1) is 0 Å². The minimum Gasteiger partial charge on any atom is -0.493 e. The number of carbonyl (C=O) groups is 1. The van der Waals surface area contributed by atoms with Crippen molar-refractivity contribution in [1.29, 1.82) is 0 Å². The van der Waals surface area contributed by atoms with Gasteiger partial charge >= 0.3 is 0 Å². The Bertz CT molecular complexity index is 704. The van der Waals surface area contributed by atoms with Crippen LogP contribution in [0.2, 0.25) is 0 Å². The van der Waals surface area contributed by atoms with Crippen LogP contribution in [0.15, 0.2) is 18.2 Å². The van der Waals surface area contributed by atoms with Crippen molar-refractivity contribution >= 4 is 21.6 Å². The average Bonchev–Trinajstić information content (AvgIpc) is 2.59. The van der Waals surface area contributed by atoms with E-state index in [2.05, 4.69) is 0 Å². The smallest absolute Gasteiger partial charge is 0.231 e. The summed E-state index contributed by atoms with van der Waals surface area (Å²) in [6.07, 6.45) is 2.55. The number of benzene rings is 1. The van der Waals surface area contributed by atoms with Gasteiger partial charge in [-0.1, -0.05) is 0 Å². The van der Waals surface area contributed by atoms with Crippen LogP contribution >= 0.6 is 0 Å². The maximum Gasteiger partial charge on any atom is 0.231 e. The van der Waals surface area contributed by atoms with E-state index >= 15 is 0 Å². The molecule has 0 saturated carbocycles. The molecule has 0 aromatic heterocycles. The lowest BCUT2D eigenvalue weighted by Gasteiger charge is -2.32. The lowest BCUT2D eigenvalue weighted by atomic mass is 9.98. The van der Waals surface area contributed by atoms with Crippen LogP contribution in [0.1, 0.15) is 12.8 Å². The highest BCUT2D eigenvalue weighted by Crippen LogP contribution is 2.32. The van der Waals surface area contributed by atoms with E-state index in [1.165, 1.54) is 17.7 Å². The van der Waals surface area contributed by atoms with Gasteiger partial charge in [-0.25, -0.2) is 12.7 Å². The highest BCUT2D eigenvalue weighted by Gasteiger charge is 2.32. The first-order valence-corrected chi connectivity index (χ1v) is 9.57. The van der Waals surface area contributed by atoms with Gasteiger partial charge in [-0.3, -0.25) is 4.79 Å². The summed E-state index contributed by atoms with van der Waals surface area (Å²) in [4.78, 5) is 14.3. The predicted octanol–water partition coefficient (Wildman–Crippen LogP) is 1.34. The number of nitrogens with zero attached hydrogens (tertiary/aromatic N) is 2. The highest BCUT2D eigenvalue weighted by molar-refractivity contribution is 7.88. The summed E-state index contributed by atoms with van der Waals surface area (Å²) in [7, 11) is 1.49. The quantitative estimate of drug-likeness (QED) is 0.796. The number of hydrogen-bond donors (Lipinski definition) is 0. The van der Waals surface area contributed by atoms with E-state index in [-0.39, 0.29) is 18.4 Å². The third-order valence-electron chi connectivity index (χ3n) is 4.29. The fraction of sp³-hybridized carbons (Fsp3) is 0.562. The minimum atomic E-state index is -3.28. The number of rotatable bonds is 5. The molecule has 0 radical (unpaired) electrons. The van der Waals surface area contributed by atoms with Crippen LogP contribution in [0, 0.1) is 5.92 Å². The van der Waals surface area contributed by atoms with Gasteiger partial charge < -0.3 is 14.4 Å². The third-order valence-corrected chi connectivity index (χ3v) is 5.56. The number of sulfonamides is 1. The van der Waals surface area contributed by atoms with E-state index < -0.39 is 10.0 Å².